The zero-order valence-corrected chi connectivity index (χ0v) is 21.3. The van der Waals surface area contributed by atoms with Crippen molar-refractivity contribution in [2.45, 2.75) is 32.6 Å². The largest absolute Gasteiger partial charge is 0.354 e. The van der Waals surface area contributed by atoms with Gasteiger partial charge in [-0.15, -0.1) is 0 Å². The molecule has 1 fully saturated rings. The van der Waals surface area contributed by atoms with Gasteiger partial charge in [-0.3, -0.25) is 9.69 Å². The molecule has 1 aliphatic rings. The van der Waals surface area contributed by atoms with Gasteiger partial charge in [-0.2, -0.15) is 9.61 Å². The molecule has 36 heavy (non-hydrogen) atoms. The third-order valence-corrected chi connectivity index (χ3v) is 6.85. The second kappa shape index (κ2) is 10.1. The fourth-order valence-corrected chi connectivity index (χ4v) is 4.63. The Kier molecular flexibility index (Phi) is 6.74. The Bertz CT molecular complexity index is 1320. The number of nitrogens with zero attached hydrogens (tertiary/aromatic N) is 5. The molecule has 1 aliphatic heterocycles. The minimum absolute atomic E-state index is 0.0457. The molecular weight excluding hydrogens is 448 g/mol. The number of nitrogens with one attached hydrogen (secondary N) is 1. The molecule has 2 aromatic carbocycles. The molecule has 0 atom stereocenters. The predicted octanol–water partition coefficient (Wildman–Crippen LogP) is 4.64. The fourth-order valence-electron chi connectivity index (χ4n) is 4.63. The average Bonchev–Trinajstić information content (AvgIpc) is 3.36. The molecule has 0 saturated carbocycles. The molecule has 0 unspecified atom stereocenters. The summed E-state index contributed by atoms with van der Waals surface area (Å²) in [5, 5.41) is 7.48. The molecule has 1 saturated heterocycles. The van der Waals surface area contributed by atoms with E-state index in [1.165, 1.54) is 11.1 Å². The predicted molar refractivity (Wildman–Crippen MR) is 145 cm³/mol. The lowest BCUT2D eigenvalue weighted by Crippen LogP contribution is -2.47. The molecule has 4 aromatic rings. The standard InChI is InChI=1S/C29H34N6O/c1-29(2,3)24-11-9-23(10-12-24)28(36)32-25-21-27(35-26(31-25)13-15-30-35)34-19-17-33(18-20-34)16-14-22-7-5-4-6-8-22/h4-13,15,21H,14,16-20H2,1-3H3,(H,31,32,36). The van der Waals surface area contributed by atoms with E-state index in [4.69, 9.17) is 0 Å². The van der Waals surface area contributed by atoms with Gasteiger partial charge in [-0.1, -0.05) is 63.2 Å². The van der Waals surface area contributed by atoms with Crippen molar-refractivity contribution in [2.24, 2.45) is 0 Å². The summed E-state index contributed by atoms with van der Waals surface area (Å²) in [4.78, 5) is 22.4. The minimum Gasteiger partial charge on any atom is -0.354 e. The number of aromatic nitrogens is 3. The normalized spacial score (nSPS) is 14.8. The summed E-state index contributed by atoms with van der Waals surface area (Å²) in [7, 11) is 0. The number of hydrogen-bond acceptors (Lipinski definition) is 5. The molecular formula is C29H34N6O. The first-order valence-corrected chi connectivity index (χ1v) is 12.6. The van der Waals surface area contributed by atoms with Crippen LogP contribution in [-0.4, -0.2) is 58.1 Å². The first-order valence-electron chi connectivity index (χ1n) is 12.6. The lowest BCUT2D eigenvalue weighted by molar-refractivity contribution is 0.102. The number of amides is 1. The molecule has 3 heterocycles. The van der Waals surface area contributed by atoms with Gasteiger partial charge < -0.3 is 10.2 Å². The van der Waals surface area contributed by atoms with Gasteiger partial charge in [-0.05, 0) is 35.1 Å². The maximum Gasteiger partial charge on any atom is 0.256 e. The highest BCUT2D eigenvalue weighted by Crippen LogP contribution is 2.24. The van der Waals surface area contributed by atoms with Crippen molar-refractivity contribution in [1.82, 2.24) is 19.5 Å². The quantitative estimate of drug-likeness (QED) is 0.434. The summed E-state index contributed by atoms with van der Waals surface area (Å²) in [5.41, 5.74) is 3.96. The van der Waals surface area contributed by atoms with Gasteiger partial charge >= 0.3 is 0 Å². The molecule has 2 aromatic heterocycles. The highest BCUT2D eigenvalue weighted by molar-refractivity contribution is 6.04. The molecule has 0 aliphatic carbocycles. The zero-order valence-electron chi connectivity index (χ0n) is 21.3. The first-order chi connectivity index (χ1) is 17.4. The summed E-state index contributed by atoms with van der Waals surface area (Å²) in [6.07, 6.45) is 2.81. The van der Waals surface area contributed by atoms with E-state index in [0.717, 1.165) is 50.6 Å². The van der Waals surface area contributed by atoms with Crippen LogP contribution in [0.4, 0.5) is 11.6 Å². The SMILES string of the molecule is CC(C)(C)c1ccc(C(=O)Nc2cc(N3CCN(CCc4ccccc4)CC3)n3nccc3n2)cc1. The van der Waals surface area contributed by atoms with Crippen LogP contribution in [0.3, 0.4) is 0 Å². The van der Waals surface area contributed by atoms with Crippen LogP contribution >= 0.6 is 0 Å². The third kappa shape index (κ3) is 5.41. The van der Waals surface area contributed by atoms with E-state index < -0.39 is 0 Å². The first kappa shape index (κ1) is 24.0. The van der Waals surface area contributed by atoms with Crippen LogP contribution in [0.2, 0.25) is 0 Å². The molecule has 186 valence electrons. The van der Waals surface area contributed by atoms with Crippen molar-refractivity contribution in [3.05, 3.63) is 89.6 Å². The van der Waals surface area contributed by atoms with Crippen LogP contribution in [0.1, 0.15) is 42.3 Å². The number of hydrogen-bond donors (Lipinski definition) is 1. The molecule has 7 nitrogen and oxygen atoms in total. The molecule has 0 radical (unpaired) electrons. The zero-order chi connectivity index (χ0) is 25.1. The Labute approximate surface area is 212 Å². The molecule has 0 spiro atoms. The van der Waals surface area contributed by atoms with Crippen LogP contribution < -0.4 is 10.2 Å². The molecule has 1 amide bonds. The maximum absolute atomic E-state index is 13.0. The van der Waals surface area contributed by atoms with E-state index in [-0.39, 0.29) is 11.3 Å². The van der Waals surface area contributed by atoms with Crippen molar-refractivity contribution >= 4 is 23.2 Å². The summed E-state index contributed by atoms with van der Waals surface area (Å²) in [6.45, 7) is 11.3. The van der Waals surface area contributed by atoms with E-state index in [1.54, 1.807) is 6.20 Å². The second-order valence-corrected chi connectivity index (χ2v) is 10.4. The summed E-state index contributed by atoms with van der Waals surface area (Å²) < 4.78 is 1.85. The monoisotopic (exact) mass is 482 g/mol. The van der Waals surface area contributed by atoms with Gasteiger partial charge in [0.05, 0.1) is 6.20 Å². The average molecular weight is 483 g/mol. The van der Waals surface area contributed by atoms with E-state index in [1.807, 2.05) is 40.9 Å². The minimum atomic E-state index is -0.163. The number of rotatable bonds is 6. The van der Waals surface area contributed by atoms with Crippen molar-refractivity contribution in [2.75, 3.05) is 42.9 Å². The van der Waals surface area contributed by atoms with Crippen LogP contribution in [0.15, 0.2) is 72.9 Å². The Hall–Kier alpha value is -3.71. The fraction of sp³-hybridized carbons (Fsp3) is 0.345. The van der Waals surface area contributed by atoms with E-state index in [9.17, 15) is 4.79 Å². The molecule has 7 heteroatoms. The smallest absolute Gasteiger partial charge is 0.256 e. The number of piperazine rings is 1. The Morgan fingerprint density at radius 1 is 0.944 bits per heavy atom. The van der Waals surface area contributed by atoms with Crippen LogP contribution in [0.25, 0.3) is 5.65 Å². The van der Waals surface area contributed by atoms with Gasteiger partial charge in [0.1, 0.15) is 11.6 Å². The van der Waals surface area contributed by atoms with Crippen LogP contribution in [0, 0.1) is 0 Å². The van der Waals surface area contributed by atoms with E-state index in [2.05, 4.69) is 76.3 Å². The van der Waals surface area contributed by atoms with Gasteiger partial charge in [0.2, 0.25) is 0 Å². The van der Waals surface area contributed by atoms with Crippen molar-refractivity contribution in [1.29, 1.82) is 0 Å². The number of fused-ring (bicyclic) bond motifs is 1. The highest BCUT2D eigenvalue weighted by atomic mass is 16.1. The van der Waals surface area contributed by atoms with Gasteiger partial charge in [0.25, 0.3) is 5.91 Å². The number of carbonyl (C=O) groups excluding carboxylic acids is 1. The lowest BCUT2D eigenvalue weighted by atomic mass is 9.87. The van der Waals surface area contributed by atoms with Gasteiger partial charge in [0, 0.05) is 50.4 Å². The summed E-state index contributed by atoms with van der Waals surface area (Å²) >= 11 is 0. The van der Waals surface area contributed by atoms with E-state index in [0.29, 0.717) is 11.4 Å². The maximum atomic E-state index is 13.0. The van der Waals surface area contributed by atoms with Crippen LogP contribution in [-0.2, 0) is 11.8 Å². The summed E-state index contributed by atoms with van der Waals surface area (Å²) in [6, 6.07) is 22.2. The molecule has 1 N–H and O–H groups in total. The third-order valence-electron chi connectivity index (χ3n) is 6.85. The Morgan fingerprint density at radius 3 is 2.36 bits per heavy atom. The number of anilines is 2. The van der Waals surface area contributed by atoms with E-state index >= 15 is 0 Å². The lowest BCUT2D eigenvalue weighted by Gasteiger charge is -2.36. The summed E-state index contributed by atoms with van der Waals surface area (Å²) in [5.74, 6) is 1.32. The Morgan fingerprint density at radius 2 is 1.67 bits per heavy atom. The van der Waals surface area contributed by atoms with Gasteiger partial charge in [-0.25, -0.2) is 4.98 Å². The van der Waals surface area contributed by atoms with Gasteiger partial charge in [0.15, 0.2) is 5.65 Å². The number of carbonyl (C=O) groups is 1. The van der Waals surface area contributed by atoms with Crippen molar-refractivity contribution in [3.63, 3.8) is 0 Å². The topological polar surface area (TPSA) is 65.8 Å². The second-order valence-electron chi connectivity index (χ2n) is 10.4. The highest BCUT2D eigenvalue weighted by Gasteiger charge is 2.21. The molecule has 0 bridgehead atoms. The van der Waals surface area contributed by atoms with Crippen molar-refractivity contribution < 1.29 is 4.79 Å². The molecule has 5 rings (SSSR count). The van der Waals surface area contributed by atoms with Crippen LogP contribution in [0.5, 0.6) is 0 Å². The van der Waals surface area contributed by atoms with Crippen molar-refractivity contribution in [3.8, 4) is 0 Å². The number of benzene rings is 2. The Balaban J connectivity index is 1.27.